The lowest BCUT2D eigenvalue weighted by molar-refractivity contribution is -0.181. The van der Waals surface area contributed by atoms with Crippen molar-refractivity contribution >= 4 is 12.4 Å². The van der Waals surface area contributed by atoms with E-state index in [2.05, 4.69) is 13.2 Å². The quantitative estimate of drug-likeness (QED) is 0.310. The largest absolute Gasteiger partial charge is 0.435 e. The summed E-state index contributed by atoms with van der Waals surface area (Å²) in [5.74, 6) is -0.504. The van der Waals surface area contributed by atoms with Gasteiger partial charge in [-0.05, 0) is 12.8 Å². The highest BCUT2D eigenvalue weighted by Gasteiger charge is 2.39. The zero-order valence-corrected chi connectivity index (χ0v) is 9.35. The van der Waals surface area contributed by atoms with Crippen LogP contribution in [0, 0.1) is 0 Å². The van der Waals surface area contributed by atoms with Crippen LogP contribution in [0.4, 0.5) is 0 Å². The Morgan fingerprint density at radius 1 is 1.25 bits per heavy atom. The van der Waals surface area contributed by atoms with Crippen LogP contribution < -0.4 is 0 Å². The molecule has 0 atom stereocenters. The fourth-order valence-electron chi connectivity index (χ4n) is 2.05. The molecule has 0 radical (unpaired) electrons. The van der Waals surface area contributed by atoms with E-state index in [0.29, 0.717) is 19.3 Å². The number of carbonyl (C=O) groups is 2. The molecular formula is C12H17NO3. The van der Waals surface area contributed by atoms with Gasteiger partial charge in [0.1, 0.15) is 0 Å². The summed E-state index contributed by atoms with van der Waals surface area (Å²) in [6.45, 7) is 6.92. The highest BCUT2D eigenvalue weighted by Crippen LogP contribution is 2.34. The number of hydrogen-bond donors (Lipinski definition) is 0. The van der Waals surface area contributed by atoms with E-state index in [0.717, 1.165) is 25.3 Å². The third-order valence-corrected chi connectivity index (χ3v) is 2.87. The normalized spacial score (nSPS) is 18.2. The molecule has 0 aromatic heterocycles. The molecule has 16 heavy (non-hydrogen) atoms. The first-order chi connectivity index (χ1) is 7.68. The van der Waals surface area contributed by atoms with Gasteiger partial charge in [0, 0.05) is 25.1 Å². The zero-order valence-electron chi connectivity index (χ0n) is 9.35. The lowest BCUT2D eigenvalue weighted by Crippen LogP contribution is -2.49. The number of carbonyl (C=O) groups excluding carboxylic acids is 2. The highest BCUT2D eigenvalue weighted by molar-refractivity contribution is 5.81. The predicted molar refractivity (Wildman–Crippen MR) is 60.2 cm³/mol. The SMILES string of the molecule is C=CC(=O)OC1(N(C=C)C=O)CCCCC1. The number of esters is 1. The second kappa shape index (κ2) is 5.49. The Kier molecular flexibility index (Phi) is 4.28. The molecular weight excluding hydrogens is 206 g/mol. The van der Waals surface area contributed by atoms with Crippen LogP contribution in [0.3, 0.4) is 0 Å². The molecule has 1 aliphatic carbocycles. The molecule has 1 aliphatic rings. The average Bonchev–Trinajstić information content (AvgIpc) is 2.31. The van der Waals surface area contributed by atoms with Crippen molar-refractivity contribution in [1.29, 1.82) is 0 Å². The smallest absolute Gasteiger partial charge is 0.332 e. The molecule has 1 saturated carbocycles. The molecule has 0 unspecified atom stereocenters. The van der Waals surface area contributed by atoms with E-state index in [1.165, 1.54) is 11.1 Å². The van der Waals surface area contributed by atoms with Crippen LogP contribution >= 0.6 is 0 Å². The van der Waals surface area contributed by atoms with Gasteiger partial charge >= 0.3 is 5.97 Å². The Morgan fingerprint density at radius 2 is 1.88 bits per heavy atom. The second-order valence-electron chi connectivity index (χ2n) is 3.83. The minimum atomic E-state index is -0.854. The van der Waals surface area contributed by atoms with Crippen molar-refractivity contribution in [2.75, 3.05) is 0 Å². The van der Waals surface area contributed by atoms with Crippen molar-refractivity contribution < 1.29 is 14.3 Å². The van der Waals surface area contributed by atoms with Crippen molar-refractivity contribution in [1.82, 2.24) is 4.90 Å². The van der Waals surface area contributed by atoms with Gasteiger partial charge < -0.3 is 4.74 Å². The Labute approximate surface area is 95.6 Å². The molecule has 0 bridgehead atoms. The van der Waals surface area contributed by atoms with Crippen molar-refractivity contribution in [2.45, 2.75) is 37.8 Å². The molecule has 0 aromatic rings. The van der Waals surface area contributed by atoms with Crippen LogP contribution in [0.2, 0.25) is 0 Å². The first kappa shape index (κ1) is 12.5. The summed E-state index contributed by atoms with van der Waals surface area (Å²) in [5, 5.41) is 0. The van der Waals surface area contributed by atoms with Gasteiger partial charge in [0.05, 0.1) is 0 Å². The summed E-state index contributed by atoms with van der Waals surface area (Å²) in [6.07, 6.45) is 7.42. The maximum Gasteiger partial charge on any atom is 0.332 e. The van der Waals surface area contributed by atoms with Crippen molar-refractivity contribution in [3.8, 4) is 0 Å². The third-order valence-electron chi connectivity index (χ3n) is 2.87. The number of hydrogen-bond acceptors (Lipinski definition) is 3. The zero-order chi connectivity index (χ0) is 12.0. The molecule has 88 valence electrons. The van der Waals surface area contributed by atoms with Gasteiger partial charge in [-0.15, -0.1) is 0 Å². The highest BCUT2D eigenvalue weighted by atomic mass is 16.6. The molecule has 4 nitrogen and oxygen atoms in total. The van der Waals surface area contributed by atoms with Crippen molar-refractivity contribution in [3.63, 3.8) is 0 Å². The number of nitrogens with zero attached hydrogens (tertiary/aromatic N) is 1. The average molecular weight is 223 g/mol. The molecule has 0 heterocycles. The summed E-state index contributed by atoms with van der Waals surface area (Å²) in [7, 11) is 0. The summed E-state index contributed by atoms with van der Waals surface area (Å²) < 4.78 is 5.34. The van der Waals surface area contributed by atoms with Crippen LogP contribution in [0.5, 0.6) is 0 Å². The maximum absolute atomic E-state index is 11.3. The molecule has 0 aromatic carbocycles. The van der Waals surface area contributed by atoms with Crippen LogP contribution in [-0.2, 0) is 14.3 Å². The lowest BCUT2D eigenvalue weighted by Gasteiger charge is -2.41. The molecule has 0 spiro atoms. The number of rotatable bonds is 5. The first-order valence-electron chi connectivity index (χ1n) is 5.40. The minimum Gasteiger partial charge on any atom is -0.435 e. The van der Waals surface area contributed by atoms with E-state index in [1.807, 2.05) is 0 Å². The molecule has 1 amide bonds. The van der Waals surface area contributed by atoms with E-state index < -0.39 is 11.7 Å². The van der Waals surface area contributed by atoms with Crippen molar-refractivity contribution in [3.05, 3.63) is 25.4 Å². The van der Waals surface area contributed by atoms with Crippen molar-refractivity contribution in [2.24, 2.45) is 0 Å². The van der Waals surface area contributed by atoms with E-state index in [1.54, 1.807) is 0 Å². The van der Waals surface area contributed by atoms with E-state index in [-0.39, 0.29) is 0 Å². The number of ether oxygens (including phenoxy) is 1. The summed E-state index contributed by atoms with van der Waals surface area (Å²) in [6, 6.07) is 0. The van der Waals surface area contributed by atoms with Gasteiger partial charge in [-0.25, -0.2) is 4.79 Å². The topological polar surface area (TPSA) is 46.6 Å². The fraction of sp³-hybridized carbons (Fsp3) is 0.500. The Hall–Kier alpha value is -1.58. The summed E-state index contributed by atoms with van der Waals surface area (Å²) >= 11 is 0. The molecule has 4 heteroatoms. The molecule has 0 aliphatic heterocycles. The minimum absolute atomic E-state index is 0.504. The van der Waals surface area contributed by atoms with Crippen LogP contribution in [0.25, 0.3) is 0 Å². The van der Waals surface area contributed by atoms with Crippen LogP contribution in [-0.4, -0.2) is 23.0 Å². The standard InChI is InChI=1S/C12H17NO3/c1-3-11(15)16-12(13(4-2)10-14)8-6-5-7-9-12/h3-4,10H,1-2,5-9H2. The van der Waals surface area contributed by atoms with Gasteiger partial charge in [0.15, 0.2) is 5.72 Å². The third kappa shape index (κ3) is 2.51. The monoisotopic (exact) mass is 223 g/mol. The van der Waals surface area contributed by atoms with Crippen LogP contribution in [0.1, 0.15) is 32.1 Å². The summed E-state index contributed by atoms with van der Waals surface area (Å²) in [4.78, 5) is 23.6. The maximum atomic E-state index is 11.3. The molecule has 0 saturated heterocycles. The summed E-state index contributed by atoms with van der Waals surface area (Å²) in [5.41, 5.74) is -0.854. The van der Waals surface area contributed by atoms with Gasteiger partial charge in [-0.1, -0.05) is 19.6 Å². The molecule has 1 fully saturated rings. The fourth-order valence-corrected chi connectivity index (χ4v) is 2.05. The Bertz CT molecular complexity index is 285. The van der Waals surface area contributed by atoms with Gasteiger partial charge in [0.2, 0.25) is 6.41 Å². The first-order valence-corrected chi connectivity index (χ1v) is 5.40. The van der Waals surface area contributed by atoms with E-state index in [9.17, 15) is 9.59 Å². The van der Waals surface area contributed by atoms with Gasteiger partial charge in [-0.2, -0.15) is 0 Å². The van der Waals surface area contributed by atoms with Gasteiger partial charge in [-0.3, -0.25) is 9.69 Å². The Balaban J connectivity index is 2.89. The second-order valence-corrected chi connectivity index (χ2v) is 3.83. The van der Waals surface area contributed by atoms with E-state index in [4.69, 9.17) is 4.74 Å². The Morgan fingerprint density at radius 3 is 2.31 bits per heavy atom. The number of amides is 1. The predicted octanol–water partition coefficient (Wildman–Crippen LogP) is 1.98. The molecule has 1 rings (SSSR count). The van der Waals surface area contributed by atoms with Gasteiger partial charge in [0.25, 0.3) is 0 Å². The van der Waals surface area contributed by atoms with E-state index >= 15 is 0 Å². The lowest BCUT2D eigenvalue weighted by atomic mass is 9.90. The van der Waals surface area contributed by atoms with Crippen LogP contribution in [0.15, 0.2) is 25.4 Å². The molecule has 0 N–H and O–H groups in total.